The summed E-state index contributed by atoms with van der Waals surface area (Å²) < 4.78 is 37.0. The molecule has 1 aromatic carbocycles. The first-order valence-electron chi connectivity index (χ1n) is 6.20. The Morgan fingerprint density at radius 3 is 2.60 bits per heavy atom. The number of nitrogens with two attached hydrogens (primary N) is 1. The standard InChI is InChI=1S/C14H16F3N3/c1-9-7-10-11(8-19-9)12(18)3-4-13(10)20(2)6-5-14(15,16)17/h3-4,7-8H,5-6,18H2,1-2H3. The number of anilines is 2. The van der Waals surface area contributed by atoms with Crippen LogP contribution in [0.1, 0.15) is 12.1 Å². The Bertz CT molecular complexity index is 623. The third kappa shape index (κ3) is 3.12. The van der Waals surface area contributed by atoms with Gasteiger partial charge in [-0.25, -0.2) is 0 Å². The summed E-state index contributed by atoms with van der Waals surface area (Å²) in [7, 11) is 1.65. The maximum Gasteiger partial charge on any atom is 0.390 e. The van der Waals surface area contributed by atoms with Crippen molar-refractivity contribution in [2.75, 3.05) is 24.2 Å². The van der Waals surface area contributed by atoms with Gasteiger partial charge in [-0.15, -0.1) is 0 Å². The maximum absolute atomic E-state index is 12.3. The summed E-state index contributed by atoms with van der Waals surface area (Å²) in [5.41, 5.74) is 7.98. The van der Waals surface area contributed by atoms with Gasteiger partial charge in [0, 0.05) is 47.6 Å². The van der Waals surface area contributed by atoms with E-state index in [1.54, 1.807) is 30.3 Å². The zero-order valence-electron chi connectivity index (χ0n) is 11.3. The summed E-state index contributed by atoms with van der Waals surface area (Å²) in [6.45, 7) is 1.74. The predicted octanol–water partition coefficient (Wildman–Crippen LogP) is 3.51. The van der Waals surface area contributed by atoms with Gasteiger partial charge in [0.15, 0.2) is 0 Å². The third-order valence-corrected chi connectivity index (χ3v) is 3.19. The number of nitrogen functional groups attached to an aromatic ring is 1. The third-order valence-electron chi connectivity index (χ3n) is 3.19. The average molecular weight is 283 g/mol. The summed E-state index contributed by atoms with van der Waals surface area (Å²) in [6, 6.07) is 5.28. The van der Waals surface area contributed by atoms with Crippen molar-refractivity contribution >= 4 is 22.1 Å². The van der Waals surface area contributed by atoms with Gasteiger partial charge in [-0.2, -0.15) is 13.2 Å². The van der Waals surface area contributed by atoms with E-state index in [0.717, 1.165) is 22.2 Å². The van der Waals surface area contributed by atoms with Crippen molar-refractivity contribution in [1.29, 1.82) is 0 Å². The SMILES string of the molecule is Cc1cc2c(N(C)CCC(F)(F)F)ccc(N)c2cn1. The molecule has 0 aliphatic rings. The van der Waals surface area contributed by atoms with Crippen molar-refractivity contribution in [3.05, 3.63) is 30.1 Å². The van der Waals surface area contributed by atoms with E-state index >= 15 is 0 Å². The van der Waals surface area contributed by atoms with Crippen LogP contribution in [0.4, 0.5) is 24.5 Å². The Kier molecular flexibility index (Phi) is 3.74. The molecule has 20 heavy (non-hydrogen) atoms. The molecule has 0 fully saturated rings. The molecule has 0 unspecified atom stereocenters. The Morgan fingerprint density at radius 2 is 1.95 bits per heavy atom. The molecule has 0 aliphatic heterocycles. The minimum atomic E-state index is -4.16. The van der Waals surface area contributed by atoms with Crippen LogP contribution in [0.15, 0.2) is 24.4 Å². The highest BCUT2D eigenvalue weighted by Gasteiger charge is 2.27. The van der Waals surface area contributed by atoms with Gasteiger partial charge in [0.05, 0.1) is 6.42 Å². The first kappa shape index (κ1) is 14.4. The molecule has 108 valence electrons. The van der Waals surface area contributed by atoms with Crippen molar-refractivity contribution in [3.63, 3.8) is 0 Å². The van der Waals surface area contributed by atoms with Crippen LogP contribution >= 0.6 is 0 Å². The molecule has 2 aromatic rings. The second-order valence-corrected chi connectivity index (χ2v) is 4.83. The van der Waals surface area contributed by atoms with Crippen molar-refractivity contribution in [2.24, 2.45) is 0 Å². The molecule has 2 N–H and O–H groups in total. The largest absolute Gasteiger partial charge is 0.398 e. The van der Waals surface area contributed by atoms with Crippen molar-refractivity contribution in [1.82, 2.24) is 4.98 Å². The van der Waals surface area contributed by atoms with Crippen LogP contribution in [-0.4, -0.2) is 24.8 Å². The van der Waals surface area contributed by atoms with E-state index in [9.17, 15) is 13.2 Å². The van der Waals surface area contributed by atoms with Gasteiger partial charge in [-0.3, -0.25) is 4.98 Å². The smallest absolute Gasteiger partial charge is 0.390 e. The lowest BCUT2D eigenvalue weighted by Crippen LogP contribution is -2.24. The Hall–Kier alpha value is -1.98. The zero-order valence-corrected chi connectivity index (χ0v) is 11.3. The van der Waals surface area contributed by atoms with Crippen molar-refractivity contribution < 1.29 is 13.2 Å². The normalized spacial score (nSPS) is 11.8. The fourth-order valence-corrected chi connectivity index (χ4v) is 2.10. The monoisotopic (exact) mass is 283 g/mol. The Morgan fingerprint density at radius 1 is 1.25 bits per heavy atom. The molecule has 1 aromatic heterocycles. The molecule has 0 spiro atoms. The highest BCUT2D eigenvalue weighted by molar-refractivity contribution is 6.01. The molecular weight excluding hydrogens is 267 g/mol. The van der Waals surface area contributed by atoms with E-state index in [0.29, 0.717) is 5.69 Å². The number of benzene rings is 1. The molecular formula is C14H16F3N3. The Labute approximate surface area is 115 Å². The highest BCUT2D eigenvalue weighted by Crippen LogP contribution is 2.31. The van der Waals surface area contributed by atoms with E-state index in [1.807, 2.05) is 13.0 Å². The van der Waals surface area contributed by atoms with E-state index in [2.05, 4.69) is 4.98 Å². The molecule has 0 bridgehead atoms. The number of halogens is 3. The molecule has 0 saturated heterocycles. The lowest BCUT2D eigenvalue weighted by molar-refractivity contribution is -0.132. The van der Waals surface area contributed by atoms with Crippen LogP contribution in [0, 0.1) is 6.92 Å². The average Bonchev–Trinajstić information content (AvgIpc) is 2.35. The van der Waals surface area contributed by atoms with Gasteiger partial charge in [-0.1, -0.05) is 0 Å². The van der Waals surface area contributed by atoms with E-state index in [1.165, 1.54) is 0 Å². The summed E-state index contributed by atoms with van der Waals surface area (Å²) in [6.07, 6.45) is -3.35. The van der Waals surface area contributed by atoms with Crippen molar-refractivity contribution in [2.45, 2.75) is 19.5 Å². The molecule has 1 heterocycles. The lowest BCUT2D eigenvalue weighted by Gasteiger charge is -2.22. The quantitative estimate of drug-likeness (QED) is 0.876. The fourth-order valence-electron chi connectivity index (χ4n) is 2.10. The van der Waals surface area contributed by atoms with E-state index < -0.39 is 12.6 Å². The van der Waals surface area contributed by atoms with Crippen LogP contribution in [0.3, 0.4) is 0 Å². The summed E-state index contributed by atoms with van der Waals surface area (Å²) in [4.78, 5) is 5.77. The number of pyridine rings is 1. The molecule has 0 radical (unpaired) electrons. The molecule has 2 rings (SSSR count). The fraction of sp³-hybridized carbons (Fsp3) is 0.357. The van der Waals surface area contributed by atoms with Gasteiger partial charge in [-0.05, 0) is 25.1 Å². The second-order valence-electron chi connectivity index (χ2n) is 4.83. The van der Waals surface area contributed by atoms with Gasteiger partial charge < -0.3 is 10.6 Å². The van der Waals surface area contributed by atoms with Crippen LogP contribution in [0.25, 0.3) is 10.8 Å². The van der Waals surface area contributed by atoms with Gasteiger partial charge in [0.2, 0.25) is 0 Å². The van der Waals surface area contributed by atoms with E-state index in [4.69, 9.17) is 5.73 Å². The number of hydrogen-bond donors (Lipinski definition) is 1. The topological polar surface area (TPSA) is 42.1 Å². The first-order valence-corrected chi connectivity index (χ1v) is 6.20. The van der Waals surface area contributed by atoms with Crippen LogP contribution in [0.2, 0.25) is 0 Å². The second kappa shape index (κ2) is 5.19. The molecule has 0 amide bonds. The summed E-state index contributed by atoms with van der Waals surface area (Å²) in [5, 5.41) is 1.58. The maximum atomic E-state index is 12.3. The van der Waals surface area contributed by atoms with Crippen molar-refractivity contribution in [3.8, 4) is 0 Å². The number of aryl methyl sites for hydroxylation is 1. The number of nitrogens with zero attached hydrogens (tertiary/aromatic N) is 2. The van der Waals surface area contributed by atoms with E-state index in [-0.39, 0.29) is 6.54 Å². The predicted molar refractivity (Wildman–Crippen MR) is 74.8 cm³/mol. The molecule has 3 nitrogen and oxygen atoms in total. The number of fused-ring (bicyclic) bond motifs is 1. The number of aromatic nitrogens is 1. The molecule has 0 atom stereocenters. The van der Waals surface area contributed by atoms with Gasteiger partial charge in [0.25, 0.3) is 0 Å². The minimum Gasteiger partial charge on any atom is -0.398 e. The first-order chi connectivity index (χ1) is 9.28. The number of hydrogen-bond acceptors (Lipinski definition) is 3. The summed E-state index contributed by atoms with van der Waals surface area (Å²) in [5.74, 6) is 0. The van der Waals surface area contributed by atoms with Crippen LogP contribution in [-0.2, 0) is 0 Å². The number of alkyl halides is 3. The molecule has 0 aliphatic carbocycles. The molecule has 6 heteroatoms. The minimum absolute atomic E-state index is 0.0934. The van der Waals surface area contributed by atoms with Crippen LogP contribution in [0.5, 0.6) is 0 Å². The summed E-state index contributed by atoms with van der Waals surface area (Å²) >= 11 is 0. The number of rotatable bonds is 3. The van der Waals surface area contributed by atoms with Crippen LogP contribution < -0.4 is 10.6 Å². The highest BCUT2D eigenvalue weighted by atomic mass is 19.4. The lowest BCUT2D eigenvalue weighted by atomic mass is 10.1. The van der Waals surface area contributed by atoms with Gasteiger partial charge in [0.1, 0.15) is 0 Å². The molecule has 0 saturated carbocycles. The van der Waals surface area contributed by atoms with Gasteiger partial charge >= 0.3 is 6.18 Å². The Balaban J connectivity index is 2.39. The zero-order chi connectivity index (χ0) is 14.9.